The minimum atomic E-state index is -0.0774. The SMILES string of the molecule is CCOC(=O)CCC1CNc2ccccc2C1. The second-order valence-corrected chi connectivity index (χ2v) is 4.45. The van der Waals surface area contributed by atoms with Crippen molar-refractivity contribution in [2.45, 2.75) is 26.2 Å². The molecule has 3 nitrogen and oxygen atoms in total. The molecule has 0 saturated carbocycles. The number of hydrogen-bond donors (Lipinski definition) is 1. The first-order valence-corrected chi connectivity index (χ1v) is 6.27. The fourth-order valence-electron chi connectivity index (χ4n) is 2.27. The molecular formula is C14H19NO2. The molecule has 0 bridgehead atoms. The first-order chi connectivity index (χ1) is 8.29. The van der Waals surface area contributed by atoms with Gasteiger partial charge in [-0.3, -0.25) is 4.79 Å². The van der Waals surface area contributed by atoms with E-state index in [0.29, 0.717) is 18.9 Å². The fraction of sp³-hybridized carbons (Fsp3) is 0.500. The van der Waals surface area contributed by atoms with Crippen LogP contribution in [-0.4, -0.2) is 19.1 Å². The maximum atomic E-state index is 11.3. The van der Waals surface area contributed by atoms with Gasteiger partial charge < -0.3 is 10.1 Å². The van der Waals surface area contributed by atoms with Crippen molar-refractivity contribution in [2.75, 3.05) is 18.5 Å². The van der Waals surface area contributed by atoms with Crippen LogP contribution in [-0.2, 0) is 16.0 Å². The van der Waals surface area contributed by atoms with Crippen LogP contribution in [0.1, 0.15) is 25.3 Å². The Balaban J connectivity index is 1.84. The zero-order valence-electron chi connectivity index (χ0n) is 10.2. The van der Waals surface area contributed by atoms with Gasteiger partial charge in [0.1, 0.15) is 0 Å². The van der Waals surface area contributed by atoms with E-state index < -0.39 is 0 Å². The van der Waals surface area contributed by atoms with E-state index in [4.69, 9.17) is 4.74 Å². The Morgan fingerprint density at radius 3 is 3.12 bits per heavy atom. The van der Waals surface area contributed by atoms with E-state index in [1.165, 1.54) is 11.3 Å². The lowest BCUT2D eigenvalue weighted by Crippen LogP contribution is -2.23. The predicted molar refractivity (Wildman–Crippen MR) is 68.0 cm³/mol. The average Bonchev–Trinajstić information content (AvgIpc) is 2.36. The van der Waals surface area contributed by atoms with Crippen LogP contribution in [0.15, 0.2) is 24.3 Å². The lowest BCUT2D eigenvalue weighted by molar-refractivity contribution is -0.143. The number of carbonyl (C=O) groups is 1. The van der Waals surface area contributed by atoms with E-state index in [-0.39, 0.29) is 5.97 Å². The van der Waals surface area contributed by atoms with Gasteiger partial charge in [0.2, 0.25) is 0 Å². The summed E-state index contributed by atoms with van der Waals surface area (Å²) in [6.07, 6.45) is 2.49. The van der Waals surface area contributed by atoms with Crippen molar-refractivity contribution in [3.8, 4) is 0 Å². The quantitative estimate of drug-likeness (QED) is 0.812. The Kier molecular flexibility index (Phi) is 4.02. The van der Waals surface area contributed by atoms with Gasteiger partial charge >= 0.3 is 5.97 Å². The van der Waals surface area contributed by atoms with E-state index in [9.17, 15) is 4.79 Å². The number of carbonyl (C=O) groups excluding carboxylic acids is 1. The van der Waals surface area contributed by atoms with Crippen LogP contribution in [0.5, 0.6) is 0 Å². The van der Waals surface area contributed by atoms with Crippen LogP contribution in [0, 0.1) is 5.92 Å². The molecular weight excluding hydrogens is 214 g/mol. The molecule has 0 radical (unpaired) electrons. The van der Waals surface area contributed by atoms with Gasteiger partial charge in [-0.15, -0.1) is 0 Å². The van der Waals surface area contributed by atoms with Gasteiger partial charge in [-0.2, -0.15) is 0 Å². The van der Waals surface area contributed by atoms with E-state index in [2.05, 4.69) is 23.5 Å². The molecule has 1 aromatic carbocycles. The summed E-state index contributed by atoms with van der Waals surface area (Å²) in [6, 6.07) is 8.37. The first kappa shape index (κ1) is 12.0. The number of anilines is 1. The molecule has 3 heteroatoms. The molecule has 0 aliphatic carbocycles. The molecule has 17 heavy (non-hydrogen) atoms. The molecule has 92 valence electrons. The molecule has 0 fully saturated rings. The van der Waals surface area contributed by atoms with Gasteiger partial charge in [0, 0.05) is 18.7 Å². The molecule has 1 unspecified atom stereocenters. The molecule has 0 saturated heterocycles. The summed E-state index contributed by atoms with van der Waals surface area (Å²) in [4.78, 5) is 11.3. The monoisotopic (exact) mass is 233 g/mol. The summed E-state index contributed by atoms with van der Waals surface area (Å²) >= 11 is 0. The molecule has 0 spiro atoms. The van der Waals surface area contributed by atoms with Gasteiger partial charge in [-0.1, -0.05) is 18.2 Å². The molecule has 1 atom stereocenters. The van der Waals surface area contributed by atoms with Crippen molar-refractivity contribution in [1.29, 1.82) is 0 Å². The summed E-state index contributed by atoms with van der Waals surface area (Å²) in [6.45, 7) is 3.28. The third-order valence-electron chi connectivity index (χ3n) is 3.17. The summed E-state index contributed by atoms with van der Waals surface area (Å²) < 4.78 is 4.94. The molecule has 0 aromatic heterocycles. The second-order valence-electron chi connectivity index (χ2n) is 4.45. The lowest BCUT2D eigenvalue weighted by atomic mass is 9.90. The van der Waals surface area contributed by atoms with E-state index >= 15 is 0 Å². The highest BCUT2D eigenvalue weighted by Crippen LogP contribution is 2.26. The van der Waals surface area contributed by atoms with Gasteiger partial charge in [0.25, 0.3) is 0 Å². The normalized spacial score (nSPS) is 18.1. The molecule has 2 rings (SSSR count). The van der Waals surface area contributed by atoms with Crippen molar-refractivity contribution in [3.05, 3.63) is 29.8 Å². The fourth-order valence-corrected chi connectivity index (χ4v) is 2.27. The smallest absolute Gasteiger partial charge is 0.305 e. The topological polar surface area (TPSA) is 38.3 Å². The minimum absolute atomic E-state index is 0.0774. The predicted octanol–water partition coefficient (Wildman–Crippen LogP) is 2.61. The molecule has 1 aromatic rings. The summed E-state index contributed by atoms with van der Waals surface area (Å²) in [5.41, 5.74) is 2.59. The highest BCUT2D eigenvalue weighted by Gasteiger charge is 2.18. The Bertz CT molecular complexity index is 390. The third-order valence-corrected chi connectivity index (χ3v) is 3.17. The highest BCUT2D eigenvalue weighted by atomic mass is 16.5. The van der Waals surface area contributed by atoms with Crippen molar-refractivity contribution in [3.63, 3.8) is 0 Å². The summed E-state index contributed by atoms with van der Waals surface area (Å²) in [5.74, 6) is 0.459. The average molecular weight is 233 g/mol. The van der Waals surface area contributed by atoms with Crippen LogP contribution < -0.4 is 5.32 Å². The van der Waals surface area contributed by atoms with Crippen LogP contribution >= 0.6 is 0 Å². The van der Waals surface area contributed by atoms with E-state index in [0.717, 1.165) is 19.4 Å². The van der Waals surface area contributed by atoms with Crippen LogP contribution in [0.25, 0.3) is 0 Å². The van der Waals surface area contributed by atoms with Crippen molar-refractivity contribution in [2.24, 2.45) is 5.92 Å². The molecule has 1 aliphatic heterocycles. The van der Waals surface area contributed by atoms with Gasteiger partial charge in [0.05, 0.1) is 6.61 Å². The number of benzene rings is 1. The molecule has 1 N–H and O–H groups in total. The molecule has 1 aliphatic rings. The number of rotatable bonds is 4. The van der Waals surface area contributed by atoms with Crippen LogP contribution in [0.3, 0.4) is 0 Å². The molecule has 0 amide bonds. The number of nitrogens with one attached hydrogen (secondary N) is 1. The highest BCUT2D eigenvalue weighted by molar-refractivity contribution is 5.69. The first-order valence-electron chi connectivity index (χ1n) is 6.27. The number of fused-ring (bicyclic) bond motifs is 1. The van der Waals surface area contributed by atoms with Crippen molar-refractivity contribution >= 4 is 11.7 Å². The maximum Gasteiger partial charge on any atom is 0.305 e. The number of ether oxygens (including phenoxy) is 1. The minimum Gasteiger partial charge on any atom is -0.466 e. The Morgan fingerprint density at radius 2 is 2.29 bits per heavy atom. The number of hydrogen-bond acceptors (Lipinski definition) is 3. The summed E-state index contributed by atoms with van der Waals surface area (Å²) in [7, 11) is 0. The van der Waals surface area contributed by atoms with Crippen LogP contribution in [0.2, 0.25) is 0 Å². The summed E-state index contributed by atoms with van der Waals surface area (Å²) in [5, 5.41) is 3.42. The van der Waals surface area contributed by atoms with Crippen molar-refractivity contribution < 1.29 is 9.53 Å². The van der Waals surface area contributed by atoms with Gasteiger partial charge in [0.15, 0.2) is 0 Å². The largest absolute Gasteiger partial charge is 0.466 e. The zero-order chi connectivity index (χ0) is 12.1. The zero-order valence-corrected chi connectivity index (χ0v) is 10.2. The Morgan fingerprint density at radius 1 is 1.47 bits per heavy atom. The number of para-hydroxylation sites is 1. The second kappa shape index (κ2) is 5.71. The number of esters is 1. The standard InChI is InChI=1S/C14H19NO2/c1-2-17-14(16)8-7-11-9-12-5-3-4-6-13(12)15-10-11/h3-6,11,15H,2,7-10H2,1H3. The third kappa shape index (κ3) is 3.22. The molecule has 1 heterocycles. The van der Waals surface area contributed by atoms with Gasteiger partial charge in [-0.25, -0.2) is 0 Å². The maximum absolute atomic E-state index is 11.3. The van der Waals surface area contributed by atoms with Crippen LogP contribution in [0.4, 0.5) is 5.69 Å². The Labute approximate surface area is 102 Å². The van der Waals surface area contributed by atoms with E-state index in [1.807, 2.05) is 13.0 Å². The lowest BCUT2D eigenvalue weighted by Gasteiger charge is -2.25. The van der Waals surface area contributed by atoms with E-state index in [1.54, 1.807) is 0 Å². The van der Waals surface area contributed by atoms with Gasteiger partial charge in [-0.05, 0) is 37.3 Å². The van der Waals surface area contributed by atoms with Crippen molar-refractivity contribution in [1.82, 2.24) is 0 Å². The Hall–Kier alpha value is -1.51.